The molecule has 0 radical (unpaired) electrons. The molecule has 136 valence electrons. The van der Waals surface area contributed by atoms with Crippen LogP contribution in [0.4, 0.5) is 11.6 Å². The van der Waals surface area contributed by atoms with Crippen LogP contribution in [0.1, 0.15) is 5.56 Å². The maximum absolute atomic E-state index is 4.84. The predicted molar refractivity (Wildman–Crippen MR) is 114 cm³/mol. The van der Waals surface area contributed by atoms with E-state index in [4.69, 9.17) is 9.97 Å². The molecule has 28 heavy (non-hydrogen) atoms. The van der Waals surface area contributed by atoms with Crippen molar-refractivity contribution in [3.8, 4) is 22.6 Å². The molecule has 2 aromatic carbocycles. The fourth-order valence-electron chi connectivity index (χ4n) is 3.14. The van der Waals surface area contributed by atoms with Gasteiger partial charge in [-0.2, -0.15) is 0 Å². The quantitative estimate of drug-likeness (QED) is 0.441. The van der Waals surface area contributed by atoms with Gasteiger partial charge in [-0.25, -0.2) is 15.0 Å². The zero-order valence-electron chi connectivity index (χ0n) is 15.2. The van der Waals surface area contributed by atoms with Crippen molar-refractivity contribution < 1.29 is 0 Å². The van der Waals surface area contributed by atoms with Crippen molar-refractivity contribution in [1.29, 1.82) is 0 Å². The zero-order valence-corrected chi connectivity index (χ0v) is 16.0. The van der Waals surface area contributed by atoms with Crippen LogP contribution in [-0.2, 0) is 0 Å². The minimum absolute atomic E-state index is 0.561. The van der Waals surface area contributed by atoms with Crippen LogP contribution in [0.5, 0.6) is 0 Å². The minimum Gasteiger partial charge on any atom is -0.324 e. The normalized spacial score (nSPS) is 11.0. The lowest BCUT2D eigenvalue weighted by molar-refractivity contribution is 1.14. The molecule has 0 amide bonds. The summed E-state index contributed by atoms with van der Waals surface area (Å²) in [5, 5.41) is 5.32. The van der Waals surface area contributed by atoms with E-state index in [1.54, 1.807) is 17.5 Å². The van der Waals surface area contributed by atoms with Crippen LogP contribution in [0.25, 0.3) is 27.6 Å². The Kier molecular flexibility index (Phi) is 4.10. The van der Waals surface area contributed by atoms with Crippen LogP contribution in [0.3, 0.4) is 0 Å². The number of rotatable bonds is 4. The first-order chi connectivity index (χ1) is 13.8. The molecule has 0 aliphatic carbocycles. The Labute approximate surface area is 166 Å². The molecule has 0 spiro atoms. The highest BCUT2D eigenvalue weighted by Crippen LogP contribution is 2.33. The molecular weight excluding hydrogens is 366 g/mol. The van der Waals surface area contributed by atoms with Crippen molar-refractivity contribution in [3.63, 3.8) is 0 Å². The van der Waals surface area contributed by atoms with Gasteiger partial charge >= 0.3 is 0 Å². The highest BCUT2D eigenvalue weighted by molar-refractivity contribution is 7.15. The number of aryl methyl sites for hydroxylation is 1. The standard InChI is InChI=1S/C22H17N5S/c1-15-7-9-17(10-8-15)24-21-23-12-11-18(25-21)20-19(16-5-3-2-4-6-16)26-22-27(20)13-14-28-22/h2-14H,1H3,(H,23,24,25). The second kappa shape index (κ2) is 6.90. The maximum Gasteiger partial charge on any atom is 0.227 e. The van der Waals surface area contributed by atoms with Crippen LogP contribution in [0.2, 0.25) is 0 Å². The summed E-state index contributed by atoms with van der Waals surface area (Å²) in [7, 11) is 0. The number of fused-ring (bicyclic) bond motifs is 1. The van der Waals surface area contributed by atoms with Gasteiger partial charge in [-0.1, -0.05) is 48.0 Å². The van der Waals surface area contributed by atoms with Gasteiger partial charge in [0.15, 0.2) is 4.96 Å². The Morgan fingerprint density at radius 1 is 0.929 bits per heavy atom. The molecule has 0 atom stereocenters. The van der Waals surface area contributed by atoms with Crippen LogP contribution < -0.4 is 5.32 Å². The lowest BCUT2D eigenvalue weighted by Gasteiger charge is -2.08. The molecule has 3 heterocycles. The highest BCUT2D eigenvalue weighted by Gasteiger charge is 2.18. The van der Waals surface area contributed by atoms with Crippen LogP contribution in [0, 0.1) is 6.92 Å². The van der Waals surface area contributed by atoms with Crippen molar-refractivity contribution in [3.05, 3.63) is 84.0 Å². The number of hydrogen-bond donors (Lipinski definition) is 1. The van der Waals surface area contributed by atoms with Gasteiger partial charge in [0, 0.05) is 29.0 Å². The van der Waals surface area contributed by atoms with Gasteiger partial charge in [0.05, 0.1) is 11.4 Å². The van der Waals surface area contributed by atoms with E-state index in [1.165, 1.54) is 5.56 Å². The van der Waals surface area contributed by atoms with Gasteiger partial charge in [0.1, 0.15) is 5.69 Å². The SMILES string of the molecule is Cc1ccc(Nc2nccc(-c3c(-c4ccccc4)nc4sccn34)n2)cc1. The number of anilines is 2. The monoisotopic (exact) mass is 383 g/mol. The summed E-state index contributed by atoms with van der Waals surface area (Å²) >= 11 is 1.61. The smallest absolute Gasteiger partial charge is 0.227 e. The van der Waals surface area contributed by atoms with E-state index in [1.807, 2.05) is 48.0 Å². The summed E-state index contributed by atoms with van der Waals surface area (Å²) in [6.45, 7) is 2.07. The first-order valence-electron chi connectivity index (χ1n) is 8.96. The summed E-state index contributed by atoms with van der Waals surface area (Å²) in [6.07, 6.45) is 3.81. The lowest BCUT2D eigenvalue weighted by Crippen LogP contribution is -1.99. The third-order valence-corrected chi connectivity index (χ3v) is 5.27. The fourth-order valence-corrected chi connectivity index (χ4v) is 3.86. The molecule has 0 aliphatic heterocycles. The molecule has 0 saturated heterocycles. The molecule has 1 N–H and O–H groups in total. The third-order valence-electron chi connectivity index (χ3n) is 4.52. The zero-order chi connectivity index (χ0) is 18.9. The fraction of sp³-hybridized carbons (Fsp3) is 0.0455. The van der Waals surface area contributed by atoms with Gasteiger partial charge in [-0.05, 0) is 25.1 Å². The first-order valence-corrected chi connectivity index (χ1v) is 9.84. The summed E-state index contributed by atoms with van der Waals surface area (Å²) in [4.78, 5) is 14.9. The Balaban J connectivity index is 1.60. The van der Waals surface area contributed by atoms with Crippen LogP contribution >= 0.6 is 11.3 Å². The topological polar surface area (TPSA) is 55.1 Å². The van der Waals surface area contributed by atoms with E-state index >= 15 is 0 Å². The molecule has 6 heteroatoms. The Hall–Kier alpha value is -3.51. The molecule has 0 fully saturated rings. The van der Waals surface area contributed by atoms with Crippen molar-refractivity contribution >= 4 is 27.9 Å². The molecule has 0 unspecified atom stereocenters. The highest BCUT2D eigenvalue weighted by atomic mass is 32.1. The van der Waals surface area contributed by atoms with Gasteiger partial charge in [0.2, 0.25) is 5.95 Å². The van der Waals surface area contributed by atoms with E-state index in [0.29, 0.717) is 5.95 Å². The van der Waals surface area contributed by atoms with Gasteiger partial charge in [0.25, 0.3) is 0 Å². The number of imidazole rings is 1. The van der Waals surface area contributed by atoms with Gasteiger partial charge in [-0.15, -0.1) is 11.3 Å². The van der Waals surface area contributed by atoms with Crippen molar-refractivity contribution in [2.45, 2.75) is 6.92 Å². The van der Waals surface area contributed by atoms with E-state index < -0.39 is 0 Å². The Morgan fingerprint density at radius 3 is 2.57 bits per heavy atom. The molecule has 5 rings (SSSR count). The lowest BCUT2D eigenvalue weighted by atomic mass is 10.1. The maximum atomic E-state index is 4.84. The first kappa shape index (κ1) is 16.6. The predicted octanol–water partition coefficient (Wildman–Crippen LogP) is 5.57. The largest absolute Gasteiger partial charge is 0.324 e. The van der Waals surface area contributed by atoms with E-state index in [2.05, 4.69) is 45.9 Å². The van der Waals surface area contributed by atoms with Crippen LogP contribution in [-0.4, -0.2) is 19.4 Å². The molecule has 0 bridgehead atoms. The van der Waals surface area contributed by atoms with Crippen molar-refractivity contribution in [2.75, 3.05) is 5.32 Å². The molecule has 5 nitrogen and oxygen atoms in total. The van der Waals surface area contributed by atoms with Gasteiger partial charge < -0.3 is 5.32 Å². The van der Waals surface area contributed by atoms with E-state index in [-0.39, 0.29) is 0 Å². The molecule has 0 saturated carbocycles. The number of thiazole rings is 1. The van der Waals surface area contributed by atoms with Crippen LogP contribution in [0.15, 0.2) is 78.4 Å². The number of nitrogens with one attached hydrogen (secondary N) is 1. The number of nitrogens with zero attached hydrogens (tertiary/aromatic N) is 4. The molecular formula is C22H17N5S. The average Bonchev–Trinajstić information content (AvgIpc) is 3.32. The number of hydrogen-bond acceptors (Lipinski definition) is 5. The Bertz CT molecular complexity index is 1240. The minimum atomic E-state index is 0.561. The Morgan fingerprint density at radius 2 is 1.75 bits per heavy atom. The number of aromatic nitrogens is 4. The number of benzene rings is 2. The summed E-state index contributed by atoms with van der Waals surface area (Å²) in [5.41, 5.74) is 5.96. The van der Waals surface area contributed by atoms with Crippen molar-refractivity contribution in [1.82, 2.24) is 19.4 Å². The van der Waals surface area contributed by atoms with E-state index in [9.17, 15) is 0 Å². The summed E-state index contributed by atoms with van der Waals surface area (Å²) in [6, 6.07) is 20.3. The summed E-state index contributed by atoms with van der Waals surface area (Å²) < 4.78 is 2.09. The summed E-state index contributed by atoms with van der Waals surface area (Å²) in [5.74, 6) is 0.561. The van der Waals surface area contributed by atoms with Gasteiger partial charge in [-0.3, -0.25) is 4.40 Å². The molecule has 3 aromatic heterocycles. The second-order valence-corrected chi connectivity index (χ2v) is 7.36. The van der Waals surface area contributed by atoms with Crippen molar-refractivity contribution in [2.24, 2.45) is 0 Å². The molecule has 5 aromatic rings. The average molecular weight is 383 g/mol. The third kappa shape index (κ3) is 3.04. The van der Waals surface area contributed by atoms with E-state index in [0.717, 1.165) is 33.3 Å². The molecule has 0 aliphatic rings. The second-order valence-electron chi connectivity index (χ2n) is 6.49.